The predicted octanol–water partition coefficient (Wildman–Crippen LogP) is 5.09. The van der Waals surface area contributed by atoms with Crippen molar-refractivity contribution in [2.75, 3.05) is 0 Å². The van der Waals surface area contributed by atoms with Crippen LogP contribution < -0.4 is 0 Å². The molecular weight excluding hydrogens is 264 g/mol. The van der Waals surface area contributed by atoms with Crippen LogP contribution in [-0.4, -0.2) is 16.2 Å². The summed E-state index contributed by atoms with van der Waals surface area (Å²) in [5.74, 6) is 0.125. The van der Waals surface area contributed by atoms with Crippen LogP contribution in [0.1, 0.15) is 76.2 Å². The minimum atomic E-state index is -0.704. The van der Waals surface area contributed by atoms with Crippen molar-refractivity contribution in [1.29, 1.82) is 0 Å². The molecule has 0 saturated carbocycles. The van der Waals surface area contributed by atoms with Crippen LogP contribution in [-0.2, 0) is 4.79 Å². The molecule has 0 aliphatic heterocycles. The minimum Gasteiger partial charge on any atom is -0.508 e. The van der Waals surface area contributed by atoms with Crippen molar-refractivity contribution in [2.24, 2.45) is 0 Å². The van der Waals surface area contributed by atoms with Gasteiger partial charge in [0.15, 0.2) is 0 Å². The smallest absolute Gasteiger partial charge is 0.303 e. The SMILES string of the molecule is CCCCC(CCCCCCC(=O)O)c1ccccc1O. The highest BCUT2D eigenvalue weighted by Gasteiger charge is 2.14. The number of phenols is 1. The number of carboxylic acids is 1. The first-order valence-corrected chi connectivity index (χ1v) is 8.14. The predicted molar refractivity (Wildman–Crippen MR) is 85.7 cm³/mol. The second-order valence-electron chi connectivity index (χ2n) is 5.74. The second-order valence-corrected chi connectivity index (χ2v) is 5.74. The third kappa shape index (κ3) is 7.16. The molecule has 0 aromatic heterocycles. The first kappa shape index (κ1) is 17.5. The zero-order chi connectivity index (χ0) is 15.5. The van der Waals surface area contributed by atoms with E-state index < -0.39 is 5.97 Å². The van der Waals surface area contributed by atoms with Crippen LogP contribution in [0.15, 0.2) is 24.3 Å². The Labute approximate surface area is 128 Å². The number of para-hydroxylation sites is 1. The van der Waals surface area contributed by atoms with Gasteiger partial charge in [-0.25, -0.2) is 0 Å². The Hall–Kier alpha value is -1.51. The van der Waals surface area contributed by atoms with E-state index in [9.17, 15) is 9.90 Å². The van der Waals surface area contributed by atoms with Gasteiger partial charge in [0.05, 0.1) is 0 Å². The van der Waals surface area contributed by atoms with Crippen molar-refractivity contribution in [3.05, 3.63) is 29.8 Å². The molecule has 0 radical (unpaired) electrons. The molecule has 1 unspecified atom stereocenters. The summed E-state index contributed by atoms with van der Waals surface area (Å²) in [4.78, 5) is 10.5. The van der Waals surface area contributed by atoms with Crippen LogP contribution in [0.4, 0.5) is 0 Å². The molecule has 0 aliphatic carbocycles. The molecule has 1 aromatic rings. The van der Waals surface area contributed by atoms with Crippen LogP contribution in [0.25, 0.3) is 0 Å². The summed E-state index contributed by atoms with van der Waals surface area (Å²) < 4.78 is 0. The van der Waals surface area contributed by atoms with E-state index in [0.29, 0.717) is 11.7 Å². The minimum absolute atomic E-state index is 0.277. The number of carboxylic acid groups (broad SMARTS) is 1. The summed E-state index contributed by atoms with van der Waals surface area (Å²) in [5.41, 5.74) is 1.07. The van der Waals surface area contributed by atoms with E-state index in [4.69, 9.17) is 5.11 Å². The van der Waals surface area contributed by atoms with E-state index in [0.717, 1.165) is 44.1 Å². The van der Waals surface area contributed by atoms with E-state index >= 15 is 0 Å². The maximum absolute atomic E-state index is 10.5. The molecule has 3 heteroatoms. The highest BCUT2D eigenvalue weighted by Crippen LogP contribution is 2.33. The van der Waals surface area contributed by atoms with Crippen LogP contribution in [0.2, 0.25) is 0 Å². The zero-order valence-electron chi connectivity index (χ0n) is 13.1. The topological polar surface area (TPSA) is 57.5 Å². The fraction of sp³-hybridized carbons (Fsp3) is 0.611. The van der Waals surface area contributed by atoms with E-state index in [2.05, 4.69) is 6.92 Å². The lowest BCUT2D eigenvalue weighted by atomic mass is 9.88. The number of aliphatic carboxylic acids is 1. The van der Waals surface area contributed by atoms with Gasteiger partial charge in [0.1, 0.15) is 5.75 Å². The fourth-order valence-corrected chi connectivity index (χ4v) is 2.76. The Kier molecular flexibility index (Phi) is 8.56. The molecule has 0 heterocycles. The molecule has 0 spiro atoms. The molecule has 3 nitrogen and oxygen atoms in total. The number of unbranched alkanes of at least 4 members (excludes halogenated alkanes) is 4. The van der Waals surface area contributed by atoms with Crippen LogP contribution in [0, 0.1) is 0 Å². The summed E-state index contributed by atoms with van der Waals surface area (Å²) in [7, 11) is 0. The summed E-state index contributed by atoms with van der Waals surface area (Å²) >= 11 is 0. The molecule has 0 fully saturated rings. The Morgan fingerprint density at radius 1 is 1.05 bits per heavy atom. The van der Waals surface area contributed by atoms with E-state index in [-0.39, 0.29) is 6.42 Å². The van der Waals surface area contributed by atoms with Gasteiger partial charge in [0.2, 0.25) is 0 Å². The lowest BCUT2D eigenvalue weighted by Gasteiger charge is -2.18. The van der Waals surface area contributed by atoms with Crippen molar-refractivity contribution in [3.8, 4) is 5.75 Å². The first-order chi connectivity index (χ1) is 10.1. The molecule has 21 heavy (non-hydrogen) atoms. The summed E-state index contributed by atoms with van der Waals surface area (Å²) in [6, 6.07) is 7.64. The lowest BCUT2D eigenvalue weighted by molar-refractivity contribution is -0.137. The van der Waals surface area contributed by atoms with E-state index in [1.807, 2.05) is 18.2 Å². The Bertz CT molecular complexity index is 415. The largest absolute Gasteiger partial charge is 0.508 e. The fourth-order valence-electron chi connectivity index (χ4n) is 2.76. The van der Waals surface area contributed by atoms with Gasteiger partial charge in [-0.15, -0.1) is 0 Å². The number of hydrogen-bond acceptors (Lipinski definition) is 2. The van der Waals surface area contributed by atoms with Gasteiger partial charge in [-0.2, -0.15) is 0 Å². The Balaban J connectivity index is 2.40. The molecule has 0 amide bonds. The van der Waals surface area contributed by atoms with Crippen LogP contribution in [0.3, 0.4) is 0 Å². The molecule has 0 saturated heterocycles. The maximum atomic E-state index is 10.5. The molecule has 0 bridgehead atoms. The Morgan fingerprint density at radius 3 is 2.38 bits per heavy atom. The van der Waals surface area contributed by atoms with Gasteiger partial charge in [0, 0.05) is 6.42 Å². The van der Waals surface area contributed by atoms with Gasteiger partial charge in [0.25, 0.3) is 0 Å². The number of hydrogen-bond donors (Lipinski definition) is 2. The molecule has 1 rings (SSSR count). The Morgan fingerprint density at radius 2 is 1.71 bits per heavy atom. The van der Waals surface area contributed by atoms with Crippen molar-refractivity contribution in [2.45, 2.75) is 70.6 Å². The monoisotopic (exact) mass is 292 g/mol. The van der Waals surface area contributed by atoms with Crippen LogP contribution in [0.5, 0.6) is 5.75 Å². The summed E-state index contributed by atoms with van der Waals surface area (Å²) in [6.45, 7) is 2.19. The summed E-state index contributed by atoms with van der Waals surface area (Å²) in [6.07, 6.45) is 8.73. The third-order valence-corrected chi connectivity index (χ3v) is 3.98. The highest BCUT2D eigenvalue weighted by molar-refractivity contribution is 5.66. The summed E-state index contributed by atoms with van der Waals surface area (Å²) in [5, 5.41) is 18.6. The van der Waals surface area contributed by atoms with Gasteiger partial charge in [-0.05, 0) is 36.8 Å². The first-order valence-electron chi connectivity index (χ1n) is 8.14. The zero-order valence-corrected chi connectivity index (χ0v) is 13.1. The van der Waals surface area contributed by atoms with Gasteiger partial charge >= 0.3 is 5.97 Å². The second kappa shape index (κ2) is 10.3. The maximum Gasteiger partial charge on any atom is 0.303 e. The lowest BCUT2D eigenvalue weighted by Crippen LogP contribution is -2.00. The molecule has 0 aliphatic rings. The van der Waals surface area contributed by atoms with Crippen molar-refractivity contribution >= 4 is 5.97 Å². The molecule has 1 aromatic carbocycles. The van der Waals surface area contributed by atoms with E-state index in [1.54, 1.807) is 6.07 Å². The molecular formula is C18H28O3. The third-order valence-electron chi connectivity index (χ3n) is 3.98. The number of benzene rings is 1. The van der Waals surface area contributed by atoms with E-state index in [1.165, 1.54) is 12.8 Å². The van der Waals surface area contributed by atoms with Crippen molar-refractivity contribution in [3.63, 3.8) is 0 Å². The van der Waals surface area contributed by atoms with Crippen LogP contribution >= 0.6 is 0 Å². The number of aromatic hydroxyl groups is 1. The molecule has 118 valence electrons. The van der Waals surface area contributed by atoms with Gasteiger partial charge < -0.3 is 10.2 Å². The average Bonchev–Trinajstić information content (AvgIpc) is 2.46. The highest BCUT2D eigenvalue weighted by atomic mass is 16.4. The average molecular weight is 292 g/mol. The molecule has 2 N–H and O–H groups in total. The van der Waals surface area contributed by atoms with Crippen molar-refractivity contribution < 1.29 is 15.0 Å². The standard InChI is InChI=1S/C18H28O3/c1-2-3-10-15(16-12-8-9-13-17(16)19)11-6-4-5-7-14-18(20)21/h8-9,12-13,15,19H,2-7,10-11,14H2,1H3,(H,20,21). The van der Waals surface area contributed by atoms with Gasteiger partial charge in [-0.1, -0.05) is 57.2 Å². The normalized spacial score (nSPS) is 12.2. The number of rotatable bonds is 11. The quantitative estimate of drug-likeness (QED) is 0.558. The molecule has 1 atom stereocenters. The van der Waals surface area contributed by atoms with Crippen molar-refractivity contribution in [1.82, 2.24) is 0 Å². The van der Waals surface area contributed by atoms with Gasteiger partial charge in [-0.3, -0.25) is 4.79 Å². The number of phenolic OH excluding ortho intramolecular Hbond substituents is 1. The number of carbonyl (C=O) groups is 1.